The second-order valence-electron chi connectivity index (χ2n) is 3.66. The molecule has 0 aromatic rings. The standard InChI is InChI=1S/C10H18O5/c1-3-4-5-6-15-10(2,9(13)14)7-8(11)12/h3-7H2,1-2H3,(H,11,12)(H,13,14). The van der Waals surface area contributed by atoms with Gasteiger partial charge in [-0.2, -0.15) is 0 Å². The Balaban J connectivity index is 4.14. The van der Waals surface area contributed by atoms with Crippen LogP contribution in [0.2, 0.25) is 0 Å². The molecule has 0 rings (SSSR count). The van der Waals surface area contributed by atoms with Crippen molar-refractivity contribution in [3.05, 3.63) is 0 Å². The van der Waals surface area contributed by atoms with Gasteiger partial charge in [-0.05, 0) is 13.3 Å². The third-order valence-electron chi connectivity index (χ3n) is 2.11. The summed E-state index contributed by atoms with van der Waals surface area (Å²) in [6.45, 7) is 3.59. The van der Waals surface area contributed by atoms with E-state index in [-0.39, 0.29) is 6.61 Å². The van der Waals surface area contributed by atoms with E-state index in [4.69, 9.17) is 14.9 Å². The second-order valence-corrected chi connectivity index (χ2v) is 3.66. The molecule has 0 aliphatic carbocycles. The average molecular weight is 218 g/mol. The molecule has 1 unspecified atom stereocenters. The largest absolute Gasteiger partial charge is 0.481 e. The van der Waals surface area contributed by atoms with Crippen LogP contribution in [0.25, 0.3) is 0 Å². The first-order chi connectivity index (χ1) is 6.92. The molecule has 0 bridgehead atoms. The van der Waals surface area contributed by atoms with E-state index in [2.05, 4.69) is 0 Å². The molecule has 5 nitrogen and oxygen atoms in total. The lowest BCUT2D eigenvalue weighted by Crippen LogP contribution is -2.40. The number of unbranched alkanes of at least 4 members (excludes halogenated alkanes) is 2. The van der Waals surface area contributed by atoms with E-state index < -0.39 is 24.0 Å². The van der Waals surface area contributed by atoms with E-state index in [1.54, 1.807) is 0 Å². The van der Waals surface area contributed by atoms with Gasteiger partial charge in [0.1, 0.15) is 0 Å². The number of ether oxygens (including phenoxy) is 1. The maximum absolute atomic E-state index is 10.8. The van der Waals surface area contributed by atoms with Crippen LogP contribution in [0.5, 0.6) is 0 Å². The molecule has 1 atom stereocenters. The molecular weight excluding hydrogens is 200 g/mol. The minimum absolute atomic E-state index is 0.282. The summed E-state index contributed by atoms with van der Waals surface area (Å²) in [5.41, 5.74) is -1.61. The van der Waals surface area contributed by atoms with Gasteiger partial charge < -0.3 is 14.9 Å². The highest BCUT2D eigenvalue weighted by Crippen LogP contribution is 2.16. The van der Waals surface area contributed by atoms with Crippen LogP contribution >= 0.6 is 0 Å². The van der Waals surface area contributed by atoms with Crippen LogP contribution in [0.15, 0.2) is 0 Å². The summed E-state index contributed by atoms with van der Waals surface area (Å²) in [5, 5.41) is 17.4. The van der Waals surface area contributed by atoms with Gasteiger partial charge in [0.2, 0.25) is 0 Å². The van der Waals surface area contributed by atoms with Crippen LogP contribution in [0.4, 0.5) is 0 Å². The normalized spacial score (nSPS) is 14.5. The van der Waals surface area contributed by atoms with Crippen molar-refractivity contribution in [1.82, 2.24) is 0 Å². The lowest BCUT2D eigenvalue weighted by Gasteiger charge is -2.23. The van der Waals surface area contributed by atoms with E-state index in [0.29, 0.717) is 0 Å². The van der Waals surface area contributed by atoms with Gasteiger partial charge in [0, 0.05) is 6.61 Å². The van der Waals surface area contributed by atoms with Crippen molar-refractivity contribution in [3.8, 4) is 0 Å². The van der Waals surface area contributed by atoms with E-state index >= 15 is 0 Å². The molecule has 0 radical (unpaired) electrons. The lowest BCUT2D eigenvalue weighted by atomic mass is 10.0. The molecule has 0 saturated heterocycles. The zero-order valence-electron chi connectivity index (χ0n) is 9.15. The zero-order chi connectivity index (χ0) is 11.9. The molecule has 88 valence electrons. The number of carboxylic acids is 2. The van der Waals surface area contributed by atoms with Crippen LogP contribution in [0.3, 0.4) is 0 Å². The van der Waals surface area contributed by atoms with Gasteiger partial charge in [-0.15, -0.1) is 0 Å². The Morgan fingerprint density at radius 1 is 1.27 bits per heavy atom. The van der Waals surface area contributed by atoms with E-state index in [9.17, 15) is 9.59 Å². The second kappa shape index (κ2) is 6.40. The molecule has 0 aliphatic rings. The Morgan fingerprint density at radius 3 is 2.27 bits per heavy atom. The first-order valence-electron chi connectivity index (χ1n) is 5.01. The van der Waals surface area contributed by atoms with Crippen LogP contribution < -0.4 is 0 Å². The molecule has 0 amide bonds. The molecule has 15 heavy (non-hydrogen) atoms. The fourth-order valence-corrected chi connectivity index (χ4v) is 1.13. The number of aliphatic carboxylic acids is 2. The number of hydrogen-bond acceptors (Lipinski definition) is 3. The number of carboxylic acid groups (broad SMARTS) is 2. The molecule has 2 N–H and O–H groups in total. The fraction of sp³-hybridized carbons (Fsp3) is 0.800. The summed E-state index contributed by atoms with van der Waals surface area (Å²) >= 11 is 0. The topological polar surface area (TPSA) is 83.8 Å². The summed E-state index contributed by atoms with van der Waals surface area (Å²) in [7, 11) is 0. The Labute approximate surface area is 89.0 Å². The quantitative estimate of drug-likeness (QED) is 0.603. The molecule has 0 aliphatic heterocycles. The van der Waals surface area contributed by atoms with Crippen LogP contribution in [0, 0.1) is 0 Å². The minimum Gasteiger partial charge on any atom is -0.481 e. The van der Waals surface area contributed by atoms with Gasteiger partial charge in [-0.25, -0.2) is 4.79 Å². The summed E-state index contributed by atoms with van der Waals surface area (Å²) in [5.74, 6) is -2.41. The predicted octanol–water partition coefficient (Wildman–Crippen LogP) is 1.51. The fourth-order valence-electron chi connectivity index (χ4n) is 1.13. The minimum atomic E-state index is -1.61. The van der Waals surface area contributed by atoms with E-state index in [1.165, 1.54) is 6.92 Å². The first kappa shape index (κ1) is 13.9. The Kier molecular flexibility index (Phi) is 5.93. The summed E-state index contributed by atoms with van der Waals surface area (Å²) in [6.07, 6.45) is 2.18. The molecule has 0 heterocycles. The van der Waals surface area contributed by atoms with Crippen LogP contribution in [-0.4, -0.2) is 34.4 Å². The van der Waals surface area contributed by atoms with E-state index in [1.807, 2.05) is 6.92 Å². The third kappa shape index (κ3) is 5.37. The van der Waals surface area contributed by atoms with Crippen molar-refractivity contribution < 1.29 is 24.5 Å². The summed E-state index contributed by atoms with van der Waals surface area (Å²) in [6, 6.07) is 0. The number of carbonyl (C=O) groups is 2. The van der Waals surface area contributed by atoms with Gasteiger partial charge in [-0.3, -0.25) is 4.79 Å². The smallest absolute Gasteiger partial charge is 0.336 e. The maximum atomic E-state index is 10.8. The van der Waals surface area contributed by atoms with Crippen molar-refractivity contribution in [2.24, 2.45) is 0 Å². The van der Waals surface area contributed by atoms with Gasteiger partial charge in [0.05, 0.1) is 6.42 Å². The van der Waals surface area contributed by atoms with Crippen molar-refractivity contribution in [3.63, 3.8) is 0 Å². The summed E-state index contributed by atoms with van der Waals surface area (Å²) < 4.78 is 5.12. The monoisotopic (exact) mass is 218 g/mol. The third-order valence-corrected chi connectivity index (χ3v) is 2.11. The Hall–Kier alpha value is -1.10. The van der Waals surface area contributed by atoms with Crippen molar-refractivity contribution >= 4 is 11.9 Å². The van der Waals surface area contributed by atoms with E-state index in [0.717, 1.165) is 19.3 Å². The molecular formula is C10H18O5. The molecule has 0 spiro atoms. The molecule has 0 aromatic heterocycles. The molecule has 5 heteroatoms. The lowest BCUT2D eigenvalue weighted by molar-refractivity contribution is -0.170. The predicted molar refractivity (Wildman–Crippen MR) is 53.8 cm³/mol. The van der Waals surface area contributed by atoms with Gasteiger partial charge in [-0.1, -0.05) is 19.8 Å². The molecule has 0 aromatic carbocycles. The molecule has 0 fully saturated rings. The maximum Gasteiger partial charge on any atom is 0.336 e. The van der Waals surface area contributed by atoms with Crippen molar-refractivity contribution in [1.29, 1.82) is 0 Å². The molecule has 0 saturated carbocycles. The van der Waals surface area contributed by atoms with Gasteiger partial charge in [0.15, 0.2) is 5.60 Å². The summed E-state index contributed by atoms with van der Waals surface area (Å²) in [4.78, 5) is 21.3. The van der Waals surface area contributed by atoms with Crippen LogP contribution in [-0.2, 0) is 14.3 Å². The number of rotatable bonds is 8. The van der Waals surface area contributed by atoms with Crippen LogP contribution in [0.1, 0.15) is 39.5 Å². The Bertz CT molecular complexity index is 226. The Morgan fingerprint density at radius 2 is 1.87 bits per heavy atom. The van der Waals surface area contributed by atoms with Crippen molar-refractivity contribution in [2.75, 3.05) is 6.61 Å². The first-order valence-corrected chi connectivity index (χ1v) is 5.01. The SMILES string of the molecule is CCCCCOC(C)(CC(=O)O)C(=O)O. The highest BCUT2D eigenvalue weighted by atomic mass is 16.5. The van der Waals surface area contributed by atoms with Gasteiger partial charge >= 0.3 is 11.9 Å². The highest BCUT2D eigenvalue weighted by Gasteiger charge is 2.36. The van der Waals surface area contributed by atoms with Gasteiger partial charge in [0.25, 0.3) is 0 Å². The number of hydrogen-bond donors (Lipinski definition) is 2. The van der Waals surface area contributed by atoms with Crippen molar-refractivity contribution in [2.45, 2.75) is 45.1 Å². The zero-order valence-corrected chi connectivity index (χ0v) is 9.15. The average Bonchev–Trinajstić information content (AvgIpc) is 2.11. The highest BCUT2D eigenvalue weighted by molar-refractivity contribution is 5.83.